The third-order valence-electron chi connectivity index (χ3n) is 6.11. The van der Waals surface area contributed by atoms with Gasteiger partial charge in [0.25, 0.3) is 5.91 Å². The summed E-state index contributed by atoms with van der Waals surface area (Å²) >= 11 is 2.75. The maximum atomic E-state index is 13.4. The summed E-state index contributed by atoms with van der Waals surface area (Å²) in [4.78, 5) is 30.7. The largest absolute Gasteiger partial charge is 0.325 e. The Hall–Kier alpha value is -3.67. The smallest absolute Gasteiger partial charge is 0.254 e. The highest BCUT2D eigenvalue weighted by molar-refractivity contribution is 8.14. The zero-order chi connectivity index (χ0) is 26.4. The molecule has 2 unspecified atom stereocenters. The Labute approximate surface area is 225 Å². The number of allylic oxidation sites excluding steroid dienone is 1. The number of thiophene rings is 1. The molecule has 0 spiro atoms. The number of hydrogen-bond donors (Lipinski definition) is 2. The highest BCUT2D eigenvalue weighted by atomic mass is 32.2. The topological polar surface area (TPSA) is 94.4 Å². The molecule has 6 nitrogen and oxygen atoms in total. The van der Waals surface area contributed by atoms with E-state index in [-0.39, 0.29) is 17.6 Å². The number of carbonyl (C=O) groups excluding carboxylic acids is 2. The van der Waals surface area contributed by atoms with E-state index in [1.165, 1.54) is 28.7 Å². The highest BCUT2D eigenvalue weighted by Crippen LogP contribution is 2.42. The van der Waals surface area contributed by atoms with Gasteiger partial charge in [0.2, 0.25) is 5.91 Å². The summed E-state index contributed by atoms with van der Waals surface area (Å²) in [6.45, 7) is 6.03. The van der Waals surface area contributed by atoms with Gasteiger partial charge < -0.3 is 10.6 Å². The minimum absolute atomic E-state index is 0.109. The lowest BCUT2D eigenvalue weighted by molar-refractivity contribution is -0.114. The van der Waals surface area contributed by atoms with Gasteiger partial charge in [-0.1, -0.05) is 55.9 Å². The Balaban J connectivity index is 1.54. The molecule has 8 heteroatoms. The van der Waals surface area contributed by atoms with Crippen LogP contribution in [0.1, 0.15) is 43.7 Å². The van der Waals surface area contributed by atoms with Crippen molar-refractivity contribution in [1.82, 2.24) is 0 Å². The van der Waals surface area contributed by atoms with Gasteiger partial charge >= 0.3 is 0 Å². The third-order valence-corrected chi connectivity index (χ3v) is 7.86. The van der Waals surface area contributed by atoms with Crippen LogP contribution in [0, 0.1) is 17.2 Å². The Morgan fingerprint density at radius 3 is 2.38 bits per heavy atom. The Morgan fingerprint density at radius 1 is 1.05 bits per heavy atom. The number of rotatable bonds is 7. The van der Waals surface area contributed by atoms with Crippen molar-refractivity contribution >= 4 is 51.3 Å². The third kappa shape index (κ3) is 6.37. The van der Waals surface area contributed by atoms with E-state index < -0.39 is 11.8 Å². The standard InChI is InChI=1S/C29H28N4O2S2/c1-18(2)20-9-11-23(12-10-20)32-25(34)17-37-29-24(15-30)27(21-13-14-36-16-21)26(19(3)31-29)28(35)33-22-7-5-4-6-8-22/h4-14,16,18,24,27H,17H2,1-3H3,(H,32,34)(H,33,35). The predicted molar refractivity (Wildman–Crippen MR) is 153 cm³/mol. The first-order valence-electron chi connectivity index (χ1n) is 12.0. The minimum atomic E-state index is -0.682. The van der Waals surface area contributed by atoms with E-state index in [1.54, 1.807) is 6.92 Å². The first-order chi connectivity index (χ1) is 17.9. The molecule has 1 aromatic heterocycles. The quantitative estimate of drug-likeness (QED) is 0.353. The molecule has 0 aliphatic carbocycles. The van der Waals surface area contributed by atoms with Crippen molar-refractivity contribution < 1.29 is 9.59 Å². The number of benzene rings is 2. The lowest BCUT2D eigenvalue weighted by Crippen LogP contribution is -2.31. The zero-order valence-electron chi connectivity index (χ0n) is 20.9. The number of aliphatic imine (C=N–C) groups is 1. The molecule has 4 rings (SSSR count). The van der Waals surface area contributed by atoms with Gasteiger partial charge in [0.15, 0.2) is 0 Å². The van der Waals surface area contributed by atoms with E-state index in [0.717, 1.165) is 11.3 Å². The maximum absolute atomic E-state index is 13.4. The number of amides is 2. The Morgan fingerprint density at radius 2 is 1.76 bits per heavy atom. The molecule has 188 valence electrons. The van der Waals surface area contributed by atoms with Crippen LogP contribution in [0.4, 0.5) is 11.4 Å². The molecule has 1 aliphatic rings. The van der Waals surface area contributed by atoms with Crippen LogP contribution >= 0.6 is 23.1 Å². The molecule has 0 saturated heterocycles. The molecule has 2 heterocycles. The van der Waals surface area contributed by atoms with Crippen molar-refractivity contribution in [1.29, 1.82) is 5.26 Å². The summed E-state index contributed by atoms with van der Waals surface area (Å²) < 4.78 is 0. The minimum Gasteiger partial charge on any atom is -0.325 e. The lowest BCUT2D eigenvalue weighted by Gasteiger charge is -2.29. The summed E-state index contributed by atoms with van der Waals surface area (Å²) in [5, 5.41) is 20.5. The SMILES string of the molecule is CC1=C(C(=O)Nc2ccccc2)C(c2ccsc2)C(C#N)C(SCC(=O)Nc2ccc(C(C)C)cc2)=N1. The molecular formula is C29H28N4O2S2. The zero-order valence-corrected chi connectivity index (χ0v) is 22.5. The van der Waals surface area contributed by atoms with E-state index in [0.29, 0.717) is 27.9 Å². The molecule has 0 bridgehead atoms. The average Bonchev–Trinajstić information content (AvgIpc) is 3.42. The summed E-state index contributed by atoms with van der Waals surface area (Å²) in [7, 11) is 0. The highest BCUT2D eigenvalue weighted by Gasteiger charge is 2.39. The Bertz CT molecular complexity index is 1360. The van der Waals surface area contributed by atoms with Crippen LogP contribution in [-0.4, -0.2) is 22.6 Å². The molecular weight excluding hydrogens is 500 g/mol. The fourth-order valence-corrected chi connectivity index (χ4v) is 5.82. The van der Waals surface area contributed by atoms with Crippen molar-refractivity contribution in [3.05, 3.63) is 93.8 Å². The number of hydrogen-bond acceptors (Lipinski definition) is 6. The summed E-state index contributed by atoms with van der Waals surface area (Å²) in [6, 6.07) is 21.3. The molecule has 1 aliphatic heterocycles. The van der Waals surface area contributed by atoms with Crippen molar-refractivity contribution in [2.75, 3.05) is 16.4 Å². The summed E-state index contributed by atoms with van der Waals surface area (Å²) in [6.07, 6.45) is 0. The van der Waals surface area contributed by atoms with Gasteiger partial charge in [-0.25, -0.2) is 4.99 Å². The summed E-state index contributed by atoms with van der Waals surface area (Å²) in [5.41, 5.74) is 4.50. The number of nitrogens with one attached hydrogen (secondary N) is 2. The van der Waals surface area contributed by atoms with Crippen LogP contribution < -0.4 is 10.6 Å². The fraction of sp³-hybridized carbons (Fsp3) is 0.241. The second-order valence-electron chi connectivity index (χ2n) is 9.02. The van der Waals surface area contributed by atoms with Crippen LogP contribution in [0.25, 0.3) is 0 Å². The molecule has 0 saturated carbocycles. The van der Waals surface area contributed by atoms with Crippen molar-refractivity contribution in [2.45, 2.75) is 32.6 Å². The number of nitriles is 1. The van der Waals surface area contributed by atoms with E-state index in [2.05, 4.69) is 35.5 Å². The molecule has 2 N–H and O–H groups in total. The van der Waals surface area contributed by atoms with Gasteiger partial charge in [-0.2, -0.15) is 16.6 Å². The number of thioether (sulfide) groups is 1. The van der Waals surface area contributed by atoms with Crippen LogP contribution in [0.15, 0.2) is 87.7 Å². The van der Waals surface area contributed by atoms with Crippen LogP contribution in [0.3, 0.4) is 0 Å². The van der Waals surface area contributed by atoms with Gasteiger partial charge in [0, 0.05) is 28.6 Å². The van der Waals surface area contributed by atoms with Crippen molar-refractivity contribution in [3.63, 3.8) is 0 Å². The molecule has 37 heavy (non-hydrogen) atoms. The predicted octanol–water partition coefficient (Wildman–Crippen LogP) is 6.79. The second-order valence-corrected chi connectivity index (χ2v) is 10.8. The van der Waals surface area contributed by atoms with Crippen LogP contribution in [0.2, 0.25) is 0 Å². The van der Waals surface area contributed by atoms with Crippen molar-refractivity contribution in [2.24, 2.45) is 10.9 Å². The average molecular weight is 529 g/mol. The van der Waals surface area contributed by atoms with E-state index in [4.69, 9.17) is 0 Å². The second kappa shape index (κ2) is 12.0. The lowest BCUT2D eigenvalue weighted by atomic mass is 9.79. The maximum Gasteiger partial charge on any atom is 0.254 e. The fourth-order valence-electron chi connectivity index (χ4n) is 4.21. The molecule has 0 radical (unpaired) electrons. The molecule has 3 aromatic rings. The molecule has 2 aromatic carbocycles. The Kier molecular flexibility index (Phi) is 8.59. The van der Waals surface area contributed by atoms with Gasteiger partial charge in [0.1, 0.15) is 5.92 Å². The van der Waals surface area contributed by atoms with Gasteiger partial charge in [-0.15, -0.1) is 0 Å². The monoisotopic (exact) mass is 528 g/mol. The van der Waals surface area contributed by atoms with Gasteiger partial charge in [0.05, 0.1) is 16.9 Å². The first-order valence-corrected chi connectivity index (χ1v) is 13.9. The molecule has 2 atom stereocenters. The molecule has 0 fully saturated rings. The number of carbonyl (C=O) groups is 2. The normalized spacial score (nSPS) is 17.2. The number of para-hydroxylation sites is 1. The van der Waals surface area contributed by atoms with Gasteiger partial charge in [-0.05, 0) is 65.1 Å². The number of anilines is 2. The van der Waals surface area contributed by atoms with E-state index >= 15 is 0 Å². The van der Waals surface area contributed by atoms with Crippen LogP contribution in [0.5, 0.6) is 0 Å². The van der Waals surface area contributed by atoms with Gasteiger partial charge in [-0.3, -0.25) is 9.59 Å². The van der Waals surface area contributed by atoms with E-state index in [1.807, 2.05) is 71.4 Å². The first kappa shape index (κ1) is 26.4. The van der Waals surface area contributed by atoms with Crippen molar-refractivity contribution in [3.8, 4) is 6.07 Å². The van der Waals surface area contributed by atoms with E-state index in [9.17, 15) is 14.9 Å². The summed E-state index contributed by atoms with van der Waals surface area (Å²) in [5.74, 6) is -1.10. The van der Waals surface area contributed by atoms with Crippen LogP contribution in [-0.2, 0) is 9.59 Å². The number of nitrogens with zero attached hydrogens (tertiary/aromatic N) is 2. The molecule has 2 amide bonds.